The van der Waals surface area contributed by atoms with Crippen molar-refractivity contribution in [2.24, 2.45) is 5.92 Å². The number of nitrogens with zero attached hydrogens (tertiary/aromatic N) is 2. The van der Waals surface area contributed by atoms with Crippen molar-refractivity contribution in [2.75, 3.05) is 19.7 Å². The van der Waals surface area contributed by atoms with Gasteiger partial charge in [-0.25, -0.2) is 4.98 Å². The van der Waals surface area contributed by atoms with E-state index in [4.69, 9.17) is 4.42 Å². The second kappa shape index (κ2) is 6.41. The number of likely N-dealkylation sites (tertiary alicyclic amines) is 1. The van der Waals surface area contributed by atoms with Crippen LogP contribution < -0.4 is 0 Å². The minimum absolute atomic E-state index is 0.0946. The van der Waals surface area contributed by atoms with Crippen LogP contribution in [0.3, 0.4) is 0 Å². The number of hydrogen-bond acceptors (Lipinski definition) is 5. The fraction of sp³-hybridized carbons (Fsp3) is 0.467. The van der Waals surface area contributed by atoms with Gasteiger partial charge < -0.3 is 14.4 Å². The van der Waals surface area contributed by atoms with Crippen LogP contribution in [-0.2, 0) is 11.2 Å². The van der Waals surface area contributed by atoms with Crippen LogP contribution in [-0.4, -0.2) is 40.6 Å². The molecular formula is C15H18N2O3S. The number of aliphatic hydroxyl groups is 1. The molecule has 1 atom stereocenters. The average Bonchev–Trinajstić information content (AvgIpc) is 3.18. The first-order valence-corrected chi connectivity index (χ1v) is 8.00. The fourth-order valence-corrected chi connectivity index (χ4v) is 3.42. The van der Waals surface area contributed by atoms with Gasteiger partial charge in [-0.05, 0) is 24.8 Å². The molecule has 112 valence electrons. The highest BCUT2D eigenvalue weighted by Crippen LogP contribution is 2.24. The Morgan fingerprint density at radius 2 is 2.48 bits per heavy atom. The second-order valence-electron chi connectivity index (χ2n) is 5.36. The standard InChI is InChI=1S/C15H18N2O3S/c18-8-11-2-1-4-17(7-11)14(19)6-13-10-21-15(16-13)12-3-5-20-9-12/h3,5,9-11,18H,1-2,4,6-8H2. The third-order valence-corrected chi connectivity index (χ3v) is 4.72. The molecule has 0 aliphatic carbocycles. The molecule has 1 aliphatic rings. The van der Waals surface area contributed by atoms with Crippen molar-refractivity contribution in [3.63, 3.8) is 0 Å². The smallest absolute Gasteiger partial charge is 0.228 e. The molecule has 0 bridgehead atoms. The lowest BCUT2D eigenvalue weighted by Gasteiger charge is -2.31. The van der Waals surface area contributed by atoms with Gasteiger partial charge in [-0.15, -0.1) is 11.3 Å². The van der Waals surface area contributed by atoms with Crippen molar-refractivity contribution >= 4 is 17.2 Å². The first-order chi connectivity index (χ1) is 10.3. The third kappa shape index (κ3) is 3.33. The summed E-state index contributed by atoms with van der Waals surface area (Å²) in [5, 5.41) is 12.0. The lowest BCUT2D eigenvalue weighted by molar-refractivity contribution is -0.132. The summed E-state index contributed by atoms with van der Waals surface area (Å²) in [7, 11) is 0. The SMILES string of the molecule is O=C(Cc1csc(-c2ccoc2)n1)N1CCCC(CO)C1. The molecule has 1 unspecified atom stereocenters. The molecule has 1 fully saturated rings. The summed E-state index contributed by atoms with van der Waals surface area (Å²) in [5.41, 5.74) is 1.74. The van der Waals surface area contributed by atoms with Gasteiger partial charge in [-0.2, -0.15) is 0 Å². The number of carbonyl (C=O) groups is 1. The second-order valence-corrected chi connectivity index (χ2v) is 6.22. The fourth-order valence-electron chi connectivity index (χ4n) is 2.61. The number of thiazole rings is 1. The van der Waals surface area contributed by atoms with Gasteiger partial charge in [0.1, 0.15) is 11.3 Å². The molecular weight excluding hydrogens is 288 g/mol. The summed E-state index contributed by atoms with van der Waals surface area (Å²) < 4.78 is 5.05. The van der Waals surface area contributed by atoms with Gasteiger partial charge in [0.15, 0.2) is 0 Å². The van der Waals surface area contributed by atoms with Crippen molar-refractivity contribution in [3.05, 3.63) is 29.7 Å². The number of rotatable bonds is 4. The van der Waals surface area contributed by atoms with E-state index in [0.29, 0.717) is 13.0 Å². The Morgan fingerprint density at radius 3 is 3.24 bits per heavy atom. The van der Waals surface area contributed by atoms with Crippen molar-refractivity contribution < 1.29 is 14.3 Å². The normalized spacial score (nSPS) is 18.9. The van der Waals surface area contributed by atoms with E-state index in [1.54, 1.807) is 12.5 Å². The monoisotopic (exact) mass is 306 g/mol. The lowest BCUT2D eigenvalue weighted by Crippen LogP contribution is -2.41. The van der Waals surface area contributed by atoms with Crippen LogP contribution in [0.2, 0.25) is 0 Å². The van der Waals surface area contributed by atoms with Crippen molar-refractivity contribution in [1.29, 1.82) is 0 Å². The molecule has 1 saturated heterocycles. The molecule has 1 amide bonds. The molecule has 1 N–H and O–H groups in total. The van der Waals surface area contributed by atoms with Gasteiger partial charge in [-0.1, -0.05) is 0 Å². The Balaban J connectivity index is 1.62. The maximum Gasteiger partial charge on any atom is 0.228 e. The summed E-state index contributed by atoms with van der Waals surface area (Å²) >= 11 is 1.52. The summed E-state index contributed by atoms with van der Waals surface area (Å²) in [4.78, 5) is 18.7. The quantitative estimate of drug-likeness (QED) is 0.940. The third-order valence-electron chi connectivity index (χ3n) is 3.78. The molecule has 2 aromatic rings. The van der Waals surface area contributed by atoms with Crippen LogP contribution in [0.25, 0.3) is 10.6 Å². The van der Waals surface area contributed by atoms with Crippen LogP contribution in [0, 0.1) is 5.92 Å². The summed E-state index contributed by atoms with van der Waals surface area (Å²) in [6.07, 6.45) is 5.56. The topological polar surface area (TPSA) is 66.6 Å². The van der Waals surface area contributed by atoms with E-state index in [0.717, 1.165) is 35.7 Å². The molecule has 0 spiro atoms. The van der Waals surface area contributed by atoms with Crippen molar-refractivity contribution in [1.82, 2.24) is 9.88 Å². The number of carbonyl (C=O) groups excluding carboxylic acids is 1. The molecule has 5 nitrogen and oxygen atoms in total. The van der Waals surface area contributed by atoms with Gasteiger partial charge in [0.25, 0.3) is 0 Å². The Bertz CT molecular complexity index is 594. The molecule has 0 saturated carbocycles. The first-order valence-electron chi connectivity index (χ1n) is 7.12. The van der Waals surface area contributed by atoms with Gasteiger partial charge in [0, 0.05) is 30.6 Å². The molecule has 2 aromatic heterocycles. The molecule has 0 aromatic carbocycles. The minimum Gasteiger partial charge on any atom is -0.472 e. The van der Waals surface area contributed by atoms with E-state index in [-0.39, 0.29) is 18.4 Å². The zero-order valence-electron chi connectivity index (χ0n) is 11.7. The van der Waals surface area contributed by atoms with Gasteiger partial charge in [0.2, 0.25) is 5.91 Å². The van der Waals surface area contributed by atoms with Crippen LogP contribution in [0.5, 0.6) is 0 Å². The van der Waals surface area contributed by atoms with E-state index >= 15 is 0 Å². The number of aromatic nitrogens is 1. The minimum atomic E-state index is 0.0946. The Morgan fingerprint density at radius 1 is 1.57 bits per heavy atom. The van der Waals surface area contributed by atoms with Gasteiger partial charge in [-0.3, -0.25) is 4.79 Å². The first kappa shape index (κ1) is 14.3. The van der Waals surface area contributed by atoms with E-state index in [2.05, 4.69) is 4.98 Å². The Labute approximate surface area is 127 Å². The van der Waals surface area contributed by atoms with Crippen molar-refractivity contribution in [3.8, 4) is 10.6 Å². The number of piperidine rings is 1. The van der Waals surface area contributed by atoms with Crippen molar-refractivity contribution in [2.45, 2.75) is 19.3 Å². The van der Waals surface area contributed by atoms with E-state index in [1.165, 1.54) is 11.3 Å². The zero-order chi connectivity index (χ0) is 14.7. The van der Waals surface area contributed by atoms with E-state index in [9.17, 15) is 9.90 Å². The maximum absolute atomic E-state index is 12.3. The summed E-state index contributed by atoms with van der Waals surface area (Å²) in [6, 6.07) is 1.86. The van der Waals surface area contributed by atoms with Crippen LogP contribution >= 0.6 is 11.3 Å². The molecule has 21 heavy (non-hydrogen) atoms. The molecule has 3 rings (SSSR count). The molecule has 1 aliphatic heterocycles. The average molecular weight is 306 g/mol. The largest absolute Gasteiger partial charge is 0.472 e. The Kier molecular flexibility index (Phi) is 4.36. The summed E-state index contributed by atoms with van der Waals surface area (Å²) in [6.45, 7) is 1.60. The molecule has 6 heteroatoms. The predicted octanol–water partition coefficient (Wildman–Crippen LogP) is 2.18. The predicted molar refractivity (Wildman–Crippen MR) is 79.9 cm³/mol. The number of amides is 1. The molecule has 3 heterocycles. The zero-order valence-corrected chi connectivity index (χ0v) is 12.5. The Hall–Kier alpha value is -1.66. The number of furan rings is 1. The molecule has 0 radical (unpaired) electrons. The van der Waals surface area contributed by atoms with Crippen LogP contribution in [0.1, 0.15) is 18.5 Å². The lowest BCUT2D eigenvalue weighted by atomic mass is 9.99. The van der Waals surface area contributed by atoms with Crippen LogP contribution in [0.15, 0.2) is 28.4 Å². The number of aliphatic hydroxyl groups excluding tert-OH is 1. The van der Waals surface area contributed by atoms with Gasteiger partial charge in [0.05, 0.1) is 18.4 Å². The maximum atomic E-state index is 12.3. The van der Waals surface area contributed by atoms with Gasteiger partial charge >= 0.3 is 0 Å². The summed E-state index contributed by atoms with van der Waals surface area (Å²) in [5.74, 6) is 0.316. The van der Waals surface area contributed by atoms with E-state index in [1.807, 2.05) is 16.3 Å². The highest BCUT2D eigenvalue weighted by atomic mass is 32.1. The number of hydrogen-bond donors (Lipinski definition) is 1. The highest BCUT2D eigenvalue weighted by Gasteiger charge is 2.23. The van der Waals surface area contributed by atoms with Crippen LogP contribution in [0.4, 0.5) is 0 Å². The highest BCUT2D eigenvalue weighted by molar-refractivity contribution is 7.13. The van der Waals surface area contributed by atoms with E-state index < -0.39 is 0 Å².